The Bertz CT molecular complexity index is 881. The van der Waals surface area contributed by atoms with Crippen molar-refractivity contribution in [3.63, 3.8) is 0 Å². The van der Waals surface area contributed by atoms with Gasteiger partial charge in [-0.2, -0.15) is 0 Å². The molecular formula is C21H24N2O4. The third kappa shape index (κ3) is 2.99. The summed E-state index contributed by atoms with van der Waals surface area (Å²) in [6, 6.07) is 9.47. The molecule has 2 aliphatic heterocycles. The molecule has 3 heterocycles. The molecule has 0 aliphatic carbocycles. The number of hydrogen-bond donors (Lipinski definition) is 1. The fraction of sp³-hybridized carbons (Fsp3) is 0.429. The Morgan fingerprint density at radius 1 is 1.30 bits per heavy atom. The first-order valence-electron chi connectivity index (χ1n) is 9.50. The van der Waals surface area contributed by atoms with E-state index in [-0.39, 0.29) is 24.1 Å². The molecule has 2 atom stereocenters. The summed E-state index contributed by atoms with van der Waals surface area (Å²) in [4.78, 5) is 27.2. The summed E-state index contributed by atoms with van der Waals surface area (Å²) in [5, 5.41) is 3.95. The van der Waals surface area contributed by atoms with Gasteiger partial charge in [0.2, 0.25) is 0 Å². The van der Waals surface area contributed by atoms with Crippen molar-refractivity contribution in [2.75, 3.05) is 13.7 Å². The van der Waals surface area contributed by atoms with Crippen LogP contribution in [-0.4, -0.2) is 42.6 Å². The number of carbonyl (C=O) groups is 2. The SMILES string of the molecule is CCCNC(=O)N1[C@H]2CC[C@@H]1C(C(=O)OC)=C(c1cc3ccccc3o1)C2. The Hall–Kier alpha value is -2.76. The van der Waals surface area contributed by atoms with Gasteiger partial charge in [-0.3, -0.25) is 0 Å². The molecule has 0 radical (unpaired) electrons. The Morgan fingerprint density at radius 2 is 2.11 bits per heavy atom. The summed E-state index contributed by atoms with van der Waals surface area (Å²) in [5.41, 5.74) is 2.21. The molecule has 0 saturated carbocycles. The molecule has 6 heteroatoms. The van der Waals surface area contributed by atoms with Crippen LogP contribution < -0.4 is 5.32 Å². The zero-order valence-corrected chi connectivity index (χ0v) is 15.7. The largest absolute Gasteiger partial charge is 0.466 e. The zero-order valence-electron chi connectivity index (χ0n) is 15.7. The maximum absolute atomic E-state index is 12.7. The lowest BCUT2D eigenvalue weighted by molar-refractivity contribution is -0.136. The molecule has 1 saturated heterocycles. The molecular weight excluding hydrogens is 344 g/mol. The third-order valence-corrected chi connectivity index (χ3v) is 5.49. The molecule has 2 aromatic rings. The fourth-order valence-corrected chi connectivity index (χ4v) is 4.28. The molecule has 1 aromatic heterocycles. The highest BCUT2D eigenvalue weighted by molar-refractivity contribution is 6.01. The monoisotopic (exact) mass is 368 g/mol. The van der Waals surface area contributed by atoms with E-state index in [0.717, 1.165) is 35.8 Å². The number of fused-ring (bicyclic) bond motifs is 3. The minimum atomic E-state index is -0.385. The van der Waals surface area contributed by atoms with Gasteiger partial charge < -0.3 is 19.4 Å². The van der Waals surface area contributed by atoms with E-state index < -0.39 is 0 Å². The predicted octanol–water partition coefficient (Wildman–Crippen LogP) is 3.72. The number of furan rings is 1. The quantitative estimate of drug-likeness (QED) is 0.835. The lowest BCUT2D eigenvalue weighted by Gasteiger charge is -2.36. The number of amides is 2. The van der Waals surface area contributed by atoms with Crippen LogP contribution in [-0.2, 0) is 9.53 Å². The van der Waals surface area contributed by atoms with Gasteiger partial charge in [-0.05, 0) is 37.8 Å². The van der Waals surface area contributed by atoms with E-state index in [9.17, 15) is 9.59 Å². The van der Waals surface area contributed by atoms with E-state index >= 15 is 0 Å². The molecule has 2 aliphatic rings. The average Bonchev–Trinajstić information content (AvgIpc) is 3.25. The summed E-state index contributed by atoms with van der Waals surface area (Å²) in [7, 11) is 1.38. The van der Waals surface area contributed by atoms with Crippen LogP contribution in [0.5, 0.6) is 0 Å². The van der Waals surface area contributed by atoms with Crippen LogP contribution in [0.4, 0.5) is 4.79 Å². The van der Waals surface area contributed by atoms with Crippen molar-refractivity contribution in [3.8, 4) is 0 Å². The zero-order chi connectivity index (χ0) is 19.0. The number of para-hydroxylation sites is 1. The predicted molar refractivity (Wildman–Crippen MR) is 102 cm³/mol. The number of methoxy groups -OCH3 is 1. The number of nitrogens with one attached hydrogen (secondary N) is 1. The first-order valence-corrected chi connectivity index (χ1v) is 9.50. The number of benzene rings is 1. The van der Waals surface area contributed by atoms with Gasteiger partial charge in [-0.15, -0.1) is 0 Å². The van der Waals surface area contributed by atoms with Crippen LogP contribution in [0.2, 0.25) is 0 Å². The summed E-state index contributed by atoms with van der Waals surface area (Å²) >= 11 is 0. The van der Waals surface area contributed by atoms with Crippen molar-refractivity contribution in [3.05, 3.63) is 41.7 Å². The van der Waals surface area contributed by atoms with E-state index in [4.69, 9.17) is 9.15 Å². The van der Waals surface area contributed by atoms with Gasteiger partial charge in [0.1, 0.15) is 11.3 Å². The lowest BCUT2D eigenvalue weighted by atomic mass is 9.91. The van der Waals surface area contributed by atoms with Crippen molar-refractivity contribution < 1.29 is 18.7 Å². The summed E-state index contributed by atoms with van der Waals surface area (Å²) in [6.45, 7) is 2.65. The first-order chi connectivity index (χ1) is 13.1. The molecule has 2 amide bonds. The third-order valence-electron chi connectivity index (χ3n) is 5.49. The second-order valence-corrected chi connectivity index (χ2v) is 7.12. The maximum atomic E-state index is 12.7. The normalized spacial score (nSPS) is 21.6. The van der Waals surface area contributed by atoms with Gasteiger partial charge in [0.15, 0.2) is 0 Å². The molecule has 1 N–H and O–H groups in total. The summed E-state index contributed by atoms with van der Waals surface area (Å²) in [6.07, 6.45) is 3.10. The van der Waals surface area contributed by atoms with Gasteiger partial charge in [0, 0.05) is 23.5 Å². The molecule has 0 spiro atoms. The first kappa shape index (κ1) is 17.6. The highest BCUT2D eigenvalue weighted by Gasteiger charge is 2.47. The summed E-state index contributed by atoms with van der Waals surface area (Å²) in [5.74, 6) is 0.311. The minimum Gasteiger partial charge on any atom is -0.466 e. The molecule has 1 aromatic carbocycles. The smallest absolute Gasteiger partial charge is 0.336 e. The van der Waals surface area contributed by atoms with Gasteiger partial charge in [0.05, 0.1) is 18.7 Å². The van der Waals surface area contributed by atoms with Gasteiger partial charge in [-0.25, -0.2) is 9.59 Å². The molecule has 0 unspecified atom stereocenters. The van der Waals surface area contributed by atoms with E-state index in [0.29, 0.717) is 24.3 Å². The van der Waals surface area contributed by atoms with Gasteiger partial charge >= 0.3 is 12.0 Å². The van der Waals surface area contributed by atoms with Crippen LogP contribution in [0.25, 0.3) is 16.5 Å². The Morgan fingerprint density at radius 3 is 2.85 bits per heavy atom. The topological polar surface area (TPSA) is 71.8 Å². The van der Waals surface area contributed by atoms with E-state index in [1.165, 1.54) is 7.11 Å². The molecule has 4 rings (SSSR count). The van der Waals surface area contributed by atoms with Crippen molar-refractivity contribution in [1.29, 1.82) is 0 Å². The number of ether oxygens (including phenoxy) is 1. The van der Waals surface area contributed by atoms with Crippen LogP contribution >= 0.6 is 0 Å². The Kier molecular flexibility index (Phi) is 4.64. The summed E-state index contributed by atoms with van der Waals surface area (Å²) < 4.78 is 11.1. The van der Waals surface area contributed by atoms with Crippen molar-refractivity contribution >= 4 is 28.5 Å². The molecule has 2 bridgehead atoms. The standard InChI is InChI=1S/C21H24N2O4/c1-3-10-22-21(25)23-14-8-9-16(23)19(20(24)26-2)15(12-14)18-11-13-6-4-5-7-17(13)27-18/h4-7,11,14,16H,3,8-10,12H2,1-2H3,(H,22,25)/t14-,16+/m0/s1. The fourth-order valence-electron chi connectivity index (χ4n) is 4.28. The van der Waals surface area contributed by atoms with Crippen LogP contribution in [0.1, 0.15) is 38.4 Å². The number of urea groups is 1. The highest BCUT2D eigenvalue weighted by Crippen LogP contribution is 2.44. The lowest BCUT2D eigenvalue weighted by Crippen LogP contribution is -2.51. The van der Waals surface area contributed by atoms with Crippen molar-refractivity contribution in [1.82, 2.24) is 10.2 Å². The van der Waals surface area contributed by atoms with Crippen LogP contribution in [0, 0.1) is 0 Å². The minimum absolute atomic E-state index is 0.0727. The Balaban J connectivity index is 1.77. The molecule has 142 valence electrons. The number of rotatable bonds is 4. The molecule has 27 heavy (non-hydrogen) atoms. The van der Waals surface area contributed by atoms with Crippen molar-refractivity contribution in [2.45, 2.75) is 44.7 Å². The number of esters is 1. The molecule has 1 fully saturated rings. The highest BCUT2D eigenvalue weighted by atomic mass is 16.5. The average molecular weight is 368 g/mol. The number of nitrogens with zero attached hydrogens (tertiary/aromatic N) is 1. The number of hydrogen-bond acceptors (Lipinski definition) is 4. The second kappa shape index (κ2) is 7.10. The second-order valence-electron chi connectivity index (χ2n) is 7.12. The van der Waals surface area contributed by atoms with Gasteiger partial charge in [0.25, 0.3) is 0 Å². The van der Waals surface area contributed by atoms with E-state index in [2.05, 4.69) is 5.32 Å². The van der Waals surface area contributed by atoms with Crippen LogP contribution in [0.3, 0.4) is 0 Å². The molecule has 6 nitrogen and oxygen atoms in total. The Labute approximate surface area is 158 Å². The van der Waals surface area contributed by atoms with E-state index in [1.54, 1.807) is 0 Å². The van der Waals surface area contributed by atoms with E-state index in [1.807, 2.05) is 42.2 Å². The van der Waals surface area contributed by atoms with Crippen LogP contribution in [0.15, 0.2) is 40.3 Å². The van der Waals surface area contributed by atoms with Crippen molar-refractivity contribution in [2.24, 2.45) is 0 Å². The number of carbonyl (C=O) groups excluding carboxylic acids is 2. The van der Waals surface area contributed by atoms with Gasteiger partial charge in [-0.1, -0.05) is 25.1 Å². The maximum Gasteiger partial charge on any atom is 0.336 e.